The molecule has 0 aromatic rings. The Balaban J connectivity index is 3.47. The molecule has 3 unspecified atom stereocenters. The first-order valence-corrected chi connectivity index (χ1v) is 26.5. The van der Waals surface area contributed by atoms with E-state index in [0.29, 0.717) is 12.8 Å². The number of hydrogen-bond acceptors (Lipinski definition) is 4. The van der Waals surface area contributed by atoms with Gasteiger partial charge in [0.1, 0.15) is 0 Å². The van der Waals surface area contributed by atoms with Gasteiger partial charge in [-0.3, -0.25) is 4.79 Å². The van der Waals surface area contributed by atoms with Crippen LogP contribution < -0.4 is 5.32 Å². The fourth-order valence-electron chi connectivity index (χ4n) is 8.52. The van der Waals surface area contributed by atoms with Crippen molar-refractivity contribution in [2.75, 3.05) is 6.61 Å². The molecule has 5 nitrogen and oxygen atoms in total. The molecule has 0 aromatic carbocycles. The molecule has 0 saturated carbocycles. The minimum atomic E-state index is -0.745. The highest BCUT2D eigenvalue weighted by Crippen LogP contribution is 2.17. The lowest BCUT2D eigenvalue weighted by Crippen LogP contribution is -2.46. The Morgan fingerprint density at radius 2 is 0.690 bits per heavy atom. The average molecular weight is 820 g/mol. The summed E-state index contributed by atoms with van der Waals surface area (Å²) in [5.74, 6) is -0.279. The van der Waals surface area contributed by atoms with Crippen molar-refractivity contribution in [2.24, 2.45) is 0 Å². The van der Waals surface area contributed by atoms with E-state index < -0.39 is 18.2 Å². The lowest BCUT2D eigenvalue weighted by atomic mass is 10.0. The number of rotatable bonds is 49. The van der Waals surface area contributed by atoms with E-state index >= 15 is 0 Å². The summed E-state index contributed by atoms with van der Waals surface area (Å²) >= 11 is 0. The van der Waals surface area contributed by atoms with Gasteiger partial charge in [0.25, 0.3) is 0 Å². The van der Waals surface area contributed by atoms with Gasteiger partial charge in [0.2, 0.25) is 5.91 Å². The van der Waals surface area contributed by atoms with Crippen LogP contribution in [-0.4, -0.2) is 46.1 Å². The highest BCUT2D eigenvalue weighted by molar-refractivity contribution is 5.76. The molecule has 0 rings (SSSR count). The molecule has 346 valence electrons. The summed E-state index contributed by atoms with van der Waals surface area (Å²) in [6, 6.07) is -0.654. The number of unbranched alkanes of at least 4 members (excludes halogenated alkanes) is 38. The molecule has 0 heterocycles. The standard InChI is InChI=1S/C53H105NO4/c1-3-5-7-9-11-13-15-17-18-19-20-21-22-23-24-25-26-27-28-29-30-31-32-33-35-36-38-40-42-44-46-50(56)48-53(58)54-51(49-55)52(57)47-45-43-41-39-37-34-16-14-12-10-8-6-4-2/h23-24,50-52,55-57H,3-22,25-49H2,1-2H3,(H,54,58)/b24-23-. The van der Waals surface area contributed by atoms with Crippen molar-refractivity contribution >= 4 is 5.91 Å². The van der Waals surface area contributed by atoms with Crippen LogP contribution in [0.25, 0.3) is 0 Å². The normalized spacial score (nSPS) is 13.4. The summed E-state index contributed by atoms with van der Waals surface area (Å²) in [6.45, 7) is 4.28. The smallest absolute Gasteiger partial charge is 0.222 e. The minimum absolute atomic E-state index is 0.0405. The van der Waals surface area contributed by atoms with Crippen LogP contribution in [0.2, 0.25) is 0 Å². The maximum atomic E-state index is 12.5. The van der Waals surface area contributed by atoms with Crippen LogP contribution >= 0.6 is 0 Å². The number of aliphatic hydroxyl groups excluding tert-OH is 3. The first kappa shape index (κ1) is 57.1. The maximum Gasteiger partial charge on any atom is 0.222 e. The zero-order chi connectivity index (χ0) is 42.3. The summed E-state index contributed by atoms with van der Waals surface area (Å²) in [6.07, 6.45) is 59.3. The van der Waals surface area contributed by atoms with Crippen LogP contribution in [0.4, 0.5) is 0 Å². The Morgan fingerprint density at radius 3 is 1.00 bits per heavy atom. The zero-order valence-corrected chi connectivity index (χ0v) is 39.5. The van der Waals surface area contributed by atoms with Gasteiger partial charge in [0.15, 0.2) is 0 Å². The SMILES string of the molecule is CCCCCCCCCCCCCC/C=C\CCCCCCCCCCCCCCCCC(O)CC(=O)NC(CO)C(O)CCCCCCCCCCCCCCC. The largest absolute Gasteiger partial charge is 0.394 e. The molecule has 0 aromatic heterocycles. The van der Waals surface area contributed by atoms with Gasteiger partial charge in [-0.1, -0.05) is 264 Å². The van der Waals surface area contributed by atoms with Crippen molar-refractivity contribution in [1.82, 2.24) is 5.32 Å². The van der Waals surface area contributed by atoms with Crippen LogP contribution in [0, 0.1) is 0 Å². The molecule has 0 fully saturated rings. The summed E-state index contributed by atoms with van der Waals surface area (Å²) in [4.78, 5) is 12.5. The third-order valence-corrected chi connectivity index (χ3v) is 12.6. The van der Waals surface area contributed by atoms with Crippen LogP contribution in [0.15, 0.2) is 12.2 Å². The Kier molecular flexibility index (Phi) is 48.0. The van der Waals surface area contributed by atoms with E-state index in [-0.39, 0.29) is 18.9 Å². The number of hydrogen-bond donors (Lipinski definition) is 4. The third-order valence-electron chi connectivity index (χ3n) is 12.6. The van der Waals surface area contributed by atoms with Crippen molar-refractivity contribution in [2.45, 2.75) is 315 Å². The van der Waals surface area contributed by atoms with E-state index in [2.05, 4.69) is 31.3 Å². The highest BCUT2D eigenvalue weighted by atomic mass is 16.3. The first-order valence-electron chi connectivity index (χ1n) is 26.5. The number of allylic oxidation sites excluding steroid dienone is 2. The van der Waals surface area contributed by atoms with Gasteiger partial charge < -0.3 is 20.6 Å². The monoisotopic (exact) mass is 820 g/mol. The van der Waals surface area contributed by atoms with E-state index in [1.54, 1.807) is 0 Å². The Bertz CT molecular complexity index is 818. The van der Waals surface area contributed by atoms with Gasteiger partial charge in [0.05, 0.1) is 31.3 Å². The number of carbonyl (C=O) groups is 1. The van der Waals surface area contributed by atoms with Crippen molar-refractivity contribution in [3.05, 3.63) is 12.2 Å². The molecule has 58 heavy (non-hydrogen) atoms. The fraction of sp³-hybridized carbons (Fsp3) is 0.943. The molecule has 1 amide bonds. The fourth-order valence-corrected chi connectivity index (χ4v) is 8.52. The van der Waals surface area contributed by atoms with Gasteiger partial charge in [-0.15, -0.1) is 0 Å². The van der Waals surface area contributed by atoms with Crippen molar-refractivity contribution in [3.63, 3.8) is 0 Å². The Labute approximate surface area is 363 Å². The third kappa shape index (κ3) is 44.6. The molecule has 5 heteroatoms. The maximum absolute atomic E-state index is 12.5. The van der Waals surface area contributed by atoms with Crippen LogP contribution in [0.5, 0.6) is 0 Å². The summed E-state index contributed by atoms with van der Waals surface area (Å²) in [5, 5.41) is 33.5. The molecule has 3 atom stereocenters. The van der Waals surface area contributed by atoms with Gasteiger partial charge >= 0.3 is 0 Å². The number of aliphatic hydroxyl groups is 3. The minimum Gasteiger partial charge on any atom is -0.394 e. The lowest BCUT2D eigenvalue weighted by molar-refractivity contribution is -0.125. The highest BCUT2D eigenvalue weighted by Gasteiger charge is 2.21. The van der Waals surface area contributed by atoms with E-state index in [0.717, 1.165) is 25.7 Å². The predicted molar refractivity (Wildman–Crippen MR) is 255 cm³/mol. The van der Waals surface area contributed by atoms with Crippen LogP contribution in [0.3, 0.4) is 0 Å². The summed E-state index contributed by atoms with van der Waals surface area (Å²) in [5.41, 5.74) is 0. The number of nitrogens with one attached hydrogen (secondary N) is 1. The van der Waals surface area contributed by atoms with Crippen molar-refractivity contribution < 1.29 is 20.1 Å². The molecular weight excluding hydrogens is 715 g/mol. The molecule has 0 aliphatic rings. The molecular formula is C53H105NO4. The molecule has 0 saturated heterocycles. The average Bonchev–Trinajstić information content (AvgIpc) is 3.22. The van der Waals surface area contributed by atoms with Crippen molar-refractivity contribution in [1.29, 1.82) is 0 Å². The number of amides is 1. The lowest BCUT2D eigenvalue weighted by Gasteiger charge is -2.23. The predicted octanol–water partition coefficient (Wildman–Crippen LogP) is 15.9. The number of carbonyl (C=O) groups excluding carboxylic acids is 1. The van der Waals surface area contributed by atoms with Crippen LogP contribution in [-0.2, 0) is 4.79 Å². The second-order valence-electron chi connectivity index (χ2n) is 18.5. The van der Waals surface area contributed by atoms with E-state index in [1.165, 1.54) is 238 Å². The summed E-state index contributed by atoms with van der Waals surface area (Å²) < 4.78 is 0. The van der Waals surface area contributed by atoms with Crippen LogP contribution in [0.1, 0.15) is 296 Å². The molecule has 0 radical (unpaired) electrons. The Hall–Kier alpha value is -0.910. The molecule has 0 spiro atoms. The molecule has 4 N–H and O–H groups in total. The Morgan fingerprint density at radius 1 is 0.414 bits per heavy atom. The van der Waals surface area contributed by atoms with E-state index in [9.17, 15) is 20.1 Å². The van der Waals surface area contributed by atoms with Crippen molar-refractivity contribution in [3.8, 4) is 0 Å². The van der Waals surface area contributed by atoms with Gasteiger partial charge in [-0.25, -0.2) is 0 Å². The second kappa shape index (κ2) is 48.8. The van der Waals surface area contributed by atoms with E-state index in [4.69, 9.17) is 0 Å². The topological polar surface area (TPSA) is 89.8 Å². The quantitative estimate of drug-likeness (QED) is 0.0364. The summed E-state index contributed by atoms with van der Waals surface area (Å²) in [7, 11) is 0. The molecule has 0 aliphatic carbocycles. The van der Waals surface area contributed by atoms with Gasteiger partial charge in [-0.2, -0.15) is 0 Å². The van der Waals surface area contributed by atoms with Gasteiger partial charge in [-0.05, 0) is 38.5 Å². The molecule has 0 aliphatic heterocycles. The van der Waals surface area contributed by atoms with Gasteiger partial charge in [0, 0.05) is 0 Å². The first-order chi connectivity index (χ1) is 28.5. The molecule has 0 bridgehead atoms. The zero-order valence-electron chi connectivity index (χ0n) is 39.5. The van der Waals surface area contributed by atoms with E-state index in [1.807, 2.05) is 0 Å². The second-order valence-corrected chi connectivity index (χ2v) is 18.5.